The minimum Gasteiger partial charge on any atom is -0.393 e. The predicted octanol–water partition coefficient (Wildman–Crippen LogP) is 2.83. The first-order chi connectivity index (χ1) is 13.3. The lowest BCUT2D eigenvalue weighted by Gasteiger charge is -2.59. The number of aliphatic hydroxyl groups excluding tert-OH is 2. The number of allylic oxidation sites excluding steroid dienone is 1. The summed E-state index contributed by atoms with van der Waals surface area (Å²) in [7, 11) is -4.67. The van der Waals surface area contributed by atoms with E-state index in [1.165, 1.54) is 12.0 Å². The number of hydrogen-bond acceptors (Lipinski definition) is 5. The lowest BCUT2D eigenvalue weighted by atomic mass is 9.46. The number of rotatable bonds is 1. The Morgan fingerprint density at radius 1 is 1.10 bits per heavy atom. The van der Waals surface area contributed by atoms with Crippen molar-refractivity contribution in [2.45, 2.75) is 77.9 Å². The van der Waals surface area contributed by atoms with E-state index in [0.717, 1.165) is 32.1 Å². The average molecular weight is 431 g/mol. The van der Waals surface area contributed by atoms with Crippen LogP contribution in [0.5, 0.6) is 0 Å². The summed E-state index contributed by atoms with van der Waals surface area (Å²) in [5.41, 5.74) is 1.28. The van der Waals surface area contributed by atoms with Crippen molar-refractivity contribution >= 4 is 16.2 Å². The SMILES string of the molecule is CC(=O)C1CCC2C3CC=C4CC(O)CC(O)C4(C)C3CCC12C.O=S(=O)(O)O. The van der Waals surface area contributed by atoms with Crippen molar-refractivity contribution in [3.63, 3.8) is 0 Å². The van der Waals surface area contributed by atoms with Gasteiger partial charge in [0, 0.05) is 17.8 Å². The fraction of sp³-hybridized carbons (Fsp3) is 0.857. The largest absolute Gasteiger partial charge is 0.394 e. The van der Waals surface area contributed by atoms with Crippen LogP contribution in [-0.2, 0) is 15.2 Å². The maximum absolute atomic E-state index is 12.2. The number of fused-ring (bicyclic) bond motifs is 5. The molecule has 0 saturated heterocycles. The number of carbonyl (C=O) groups excluding carboxylic acids is 1. The zero-order chi connectivity index (χ0) is 21.8. The van der Waals surface area contributed by atoms with Crippen molar-refractivity contribution in [3.05, 3.63) is 11.6 Å². The molecular weight excluding hydrogens is 396 g/mol. The summed E-state index contributed by atoms with van der Waals surface area (Å²) in [5.74, 6) is 2.31. The normalized spacial score (nSPS) is 46.4. The van der Waals surface area contributed by atoms with Crippen LogP contribution in [0.2, 0.25) is 0 Å². The van der Waals surface area contributed by atoms with E-state index >= 15 is 0 Å². The monoisotopic (exact) mass is 430 g/mol. The number of Topliss-reactive ketones (excluding diaryl/α,β-unsaturated/α-hetero) is 1. The highest BCUT2D eigenvalue weighted by molar-refractivity contribution is 7.79. The summed E-state index contributed by atoms with van der Waals surface area (Å²) < 4.78 is 31.6. The zero-order valence-corrected chi connectivity index (χ0v) is 18.2. The third kappa shape index (κ3) is 4.06. The van der Waals surface area contributed by atoms with Crippen molar-refractivity contribution in [1.82, 2.24) is 0 Å². The Balaban J connectivity index is 0.000000431. The standard InChI is InChI=1S/C21H32O3.H2O4S/c1-12(22)16-6-7-17-15-5-4-13-10-14(23)11-19(24)21(13,3)18(15)8-9-20(16,17)2;1-5(2,3)4/h4,14-19,23-24H,5-11H2,1-3H3;(H2,1,2,3,4). The molecule has 4 N–H and O–H groups in total. The highest BCUT2D eigenvalue weighted by Gasteiger charge is 2.61. The molecule has 29 heavy (non-hydrogen) atoms. The van der Waals surface area contributed by atoms with E-state index in [4.69, 9.17) is 17.5 Å². The van der Waals surface area contributed by atoms with E-state index in [1.54, 1.807) is 6.92 Å². The summed E-state index contributed by atoms with van der Waals surface area (Å²) in [6, 6.07) is 0. The van der Waals surface area contributed by atoms with Gasteiger partial charge in [-0.3, -0.25) is 13.9 Å². The molecule has 3 fully saturated rings. The van der Waals surface area contributed by atoms with Crippen LogP contribution in [0.1, 0.15) is 65.7 Å². The molecule has 4 aliphatic rings. The van der Waals surface area contributed by atoms with Gasteiger partial charge in [-0.05, 0) is 68.6 Å². The number of carbonyl (C=O) groups is 1. The first-order valence-electron chi connectivity index (χ1n) is 10.5. The van der Waals surface area contributed by atoms with Gasteiger partial charge >= 0.3 is 10.4 Å². The van der Waals surface area contributed by atoms with E-state index in [9.17, 15) is 15.0 Å². The van der Waals surface area contributed by atoms with Crippen LogP contribution in [0.4, 0.5) is 0 Å². The van der Waals surface area contributed by atoms with Crippen molar-refractivity contribution in [2.75, 3.05) is 0 Å². The molecule has 8 heteroatoms. The van der Waals surface area contributed by atoms with E-state index < -0.39 is 22.6 Å². The van der Waals surface area contributed by atoms with E-state index in [0.29, 0.717) is 30.0 Å². The molecule has 4 aliphatic carbocycles. The Kier molecular flexibility index (Phi) is 6.08. The lowest BCUT2D eigenvalue weighted by Crippen LogP contribution is -2.55. The topological polar surface area (TPSA) is 132 Å². The van der Waals surface area contributed by atoms with Gasteiger partial charge in [0.1, 0.15) is 5.78 Å². The van der Waals surface area contributed by atoms with Crippen LogP contribution >= 0.6 is 0 Å². The molecule has 166 valence electrons. The summed E-state index contributed by atoms with van der Waals surface area (Å²) in [5, 5.41) is 20.9. The van der Waals surface area contributed by atoms with Crippen molar-refractivity contribution in [2.24, 2.45) is 34.5 Å². The Morgan fingerprint density at radius 2 is 1.72 bits per heavy atom. The Bertz CT molecular complexity index is 783. The molecular formula is C21H34O7S. The van der Waals surface area contributed by atoms with Crippen molar-refractivity contribution in [1.29, 1.82) is 0 Å². The highest BCUT2D eigenvalue weighted by Crippen LogP contribution is 2.66. The summed E-state index contributed by atoms with van der Waals surface area (Å²) in [4.78, 5) is 12.2. The molecule has 8 unspecified atom stereocenters. The fourth-order valence-corrected chi connectivity index (χ4v) is 7.37. The summed E-state index contributed by atoms with van der Waals surface area (Å²) >= 11 is 0. The molecule has 3 saturated carbocycles. The molecule has 0 aliphatic heterocycles. The second-order valence-electron chi connectivity index (χ2n) is 9.97. The summed E-state index contributed by atoms with van der Waals surface area (Å²) in [6.45, 7) is 6.37. The van der Waals surface area contributed by atoms with Crippen LogP contribution < -0.4 is 0 Å². The van der Waals surface area contributed by atoms with Crippen LogP contribution in [0.25, 0.3) is 0 Å². The van der Waals surface area contributed by atoms with Gasteiger partial charge in [0.2, 0.25) is 0 Å². The quantitative estimate of drug-likeness (QED) is 0.371. The van der Waals surface area contributed by atoms with Gasteiger partial charge in [0.15, 0.2) is 0 Å². The summed E-state index contributed by atoms with van der Waals surface area (Å²) in [6.07, 6.45) is 8.26. The Hall–Kier alpha value is -0.800. The minimum absolute atomic E-state index is 0.161. The van der Waals surface area contributed by atoms with Gasteiger partial charge < -0.3 is 10.2 Å². The molecule has 0 spiro atoms. The third-order valence-electron chi connectivity index (χ3n) is 8.67. The second-order valence-corrected chi connectivity index (χ2v) is 10.9. The van der Waals surface area contributed by atoms with Crippen molar-refractivity contribution in [3.8, 4) is 0 Å². The van der Waals surface area contributed by atoms with Gasteiger partial charge in [0.05, 0.1) is 12.2 Å². The number of aliphatic hydroxyl groups is 2. The predicted molar refractivity (Wildman–Crippen MR) is 107 cm³/mol. The van der Waals surface area contributed by atoms with Gasteiger partial charge in [-0.25, -0.2) is 0 Å². The van der Waals surface area contributed by atoms with Crippen molar-refractivity contribution < 1.29 is 32.5 Å². The van der Waals surface area contributed by atoms with Gasteiger partial charge in [-0.2, -0.15) is 8.42 Å². The maximum atomic E-state index is 12.2. The van der Waals surface area contributed by atoms with Gasteiger partial charge in [-0.15, -0.1) is 0 Å². The first-order valence-corrected chi connectivity index (χ1v) is 11.9. The highest BCUT2D eigenvalue weighted by atomic mass is 32.3. The molecule has 8 atom stereocenters. The zero-order valence-electron chi connectivity index (χ0n) is 17.4. The third-order valence-corrected chi connectivity index (χ3v) is 8.67. The second kappa shape index (κ2) is 7.71. The molecule has 0 radical (unpaired) electrons. The molecule has 4 rings (SSSR count). The molecule has 0 aromatic rings. The van der Waals surface area contributed by atoms with Gasteiger partial charge in [-0.1, -0.05) is 25.5 Å². The average Bonchev–Trinajstić information content (AvgIpc) is 2.92. The molecule has 0 aromatic carbocycles. The molecule has 0 bridgehead atoms. The maximum Gasteiger partial charge on any atom is 0.394 e. The smallest absolute Gasteiger partial charge is 0.393 e. The molecule has 0 amide bonds. The Morgan fingerprint density at radius 3 is 2.31 bits per heavy atom. The Labute approximate surface area is 173 Å². The molecule has 0 heterocycles. The van der Waals surface area contributed by atoms with Crippen LogP contribution in [-0.4, -0.2) is 45.7 Å². The van der Waals surface area contributed by atoms with E-state index in [-0.39, 0.29) is 16.7 Å². The first kappa shape index (κ1) is 22.9. The molecule has 0 aromatic heterocycles. The van der Waals surface area contributed by atoms with E-state index in [2.05, 4.69) is 19.9 Å². The van der Waals surface area contributed by atoms with Gasteiger partial charge in [0.25, 0.3) is 0 Å². The number of hydrogen-bond donors (Lipinski definition) is 4. The van der Waals surface area contributed by atoms with Crippen LogP contribution in [0.3, 0.4) is 0 Å². The molecule has 7 nitrogen and oxygen atoms in total. The fourth-order valence-electron chi connectivity index (χ4n) is 7.37. The minimum atomic E-state index is -4.67. The van der Waals surface area contributed by atoms with Crippen LogP contribution in [0, 0.1) is 34.5 Å². The lowest BCUT2D eigenvalue weighted by molar-refractivity contribution is -0.131. The number of ketones is 1. The van der Waals surface area contributed by atoms with E-state index in [1.807, 2.05) is 0 Å². The van der Waals surface area contributed by atoms with Crippen LogP contribution in [0.15, 0.2) is 11.6 Å².